The van der Waals surface area contributed by atoms with Crippen LogP contribution in [0.15, 0.2) is 42.5 Å². The number of esters is 3. The number of benzene rings is 2. The van der Waals surface area contributed by atoms with Gasteiger partial charge in [0.05, 0.1) is 40.4 Å². The Morgan fingerprint density at radius 2 is 1.73 bits per heavy atom. The van der Waals surface area contributed by atoms with Crippen molar-refractivity contribution in [2.75, 3.05) is 26.8 Å². The van der Waals surface area contributed by atoms with E-state index in [0.29, 0.717) is 18.5 Å². The second-order valence-corrected chi connectivity index (χ2v) is 8.83. The summed E-state index contributed by atoms with van der Waals surface area (Å²) in [4.78, 5) is 70.9. The molecule has 1 heterocycles. The number of rotatable bonds is 13. The van der Waals surface area contributed by atoms with Crippen LogP contribution in [0.4, 0.5) is 5.69 Å². The van der Waals surface area contributed by atoms with Crippen molar-refractivity contribution in [3.8, 4) is 11.5 Å². The van der Waals surface area contributed by atoms with Crippen LogP contribution in [0, 0.1) is 10.1 Å². The third-order valence-corrected chi connectivity index (χ3v) is 5.82. The van der Waals surface area contributed by atoms with Crippen molar-refractivity contribution in [3.63, 3.8) is 0 Å². The normalized spacial score (nSPS) is 12.5. The predicted octanol–water partition coefficient (Wildman–Crippen LogP) is 2.41. The van der Waals surface area contributed by atoms with Gasteiger partial charge in [-0.25, -0.2) is 14.4 Å². The minimum Gasteiger partial charge on any atom is -0.493 e. The molecule has 0 bridgehead atoms. The molecule has 0 aromatic heterocycles. The van der Waals surface area contributed by atoms with Crippen molar-refractivity contribution >= 4 is 35.4 Å². The molecule has 3 rings (SSSR count). The standard InChI is InChI=1S/C27H27N3O11/c1-14(2)24(32)29-9-5-8-28-23(31)13-39-22-12-20(30(36)37)18(11-21(22)38-4)15(3)40-25(33)16-6-7-17-19(10-16)27(35)41-26(17)34/h6-7,10-12,15H,1,5,8-9,13H2,2-4H3,(H,28,31)(H,29,32). The van der Waals surface area contributed by atoms with Crippen LogP contribution in [0.3, 0.4) is 0 Å². The fourth-order valence-corrected chi connectivity index (χ4v) is 3.69. The molecule has 1 aliphatic rings. The molecule has 14 heteroatoms. The first kappa shape index (κ1) is 30.3. The summed E-state index contributed by atoms with van der Waals surface area (Å²) >= 11 is 0. The number of amides is 2. The van der Waals surface area contributed by atoms with Gasteiger partial charge >= 0.3 is 17.9 Å². The molecule has 14 nitrogen and oxygen atoms in total. The fourth-order valence-electron chi connectivity index (χ4n) is 3.69. The van der Waals surface area contributed by atoms with Crippen molar-refractivity contribution in [2.45, 2.75) is 26.4 Å². The van der Waals surface area contributed by atoms with Crippen LogP contribution in [0.1, 0.15) is 63.0 Å². The highest BCUT2D eigenvalue weighted by Crippen LogP contribution is 2.38. The predicted molar refractivity (Wildman–Crippen MR) is 141 cm³/mol. The average Bonchev–Trinajstić information content (AvgIpc) is 3.22. The molecule has 2 amide bonds. The minimum atomic E-state index is -1.15. The summed E-state index contributed by atoms with van der Waals surface area (Å²) in [5.74, 6) is -3.47. The van der Waals surface area contributed by atoms with E-state index in [-0.39, 0.29) is 46.2 Å². The minimum absolute atomic E-state index is 0.0105. The maximum Gasteiger partial charge on any atom is 0.346 e. The Bertz CT molecular complexity index is 1430. The van der Waals surface area contributed by atoms with Crippen LogP contribution < -0.4 is 20.1 Å². The molecule has 41 heavy (non-hydrogen) atoms. The number of nitro benzene ring substituents is 1. The molecule has 0 saturated carbocycles. The number of hydrogen-bond donors (Lipinski definition) is 2. The number of nitro groups is 1. The molecular weight excluding hydrogens is 542 g/mol. The molecule has 2 aromatic carbocycles. The molecule has 1 atom stereocenters. The zero-order valence-corrected chi connectivity index (χ0v) is 22.4. The average molecular weight is 570 g/mol. The molecule has 0 saturated heterocycles. The first-order valence-corrected chi connectivity index (χ1v) is 12.2. The lowest BCUT2D eigenvalue weighted by molar-refractivity contribution is -0.386. The lowest BCUT2D eigenvalue weighted by Gasteiger charge is -2.17. The van der Waals surface area contributed by atoms with Crippen molar-refractivity contribution in [2.24, 2.45) is 0 Å². The number of cyclic esters (lactones) is 2. The van der Waals surface area contributed by atoms with Gasteiger partial charge in [-0.1, -0.05) is 6.58 Å². The van der Waals surface area contributed by atoms with E-state index in [1.165, 1.54) is 32.2 Å². The zero-order chi connectivity index (χ0) is 30.3. The third kappa shape index (κ3) is 7.44. The summed E-state index contributed by atoms with van der Waals surface area (Å²) in [6.45, 7) is 6.61. The van der Waals surface area contributed by atoms with E-state index >= 15 is 0 Å². The molecule has 1 aliphatic heterocycles. The van der Waals surface area contributed by atoms with Crippen LogP contribution in [0.25, 0.3) is 0 Å². The number of carbonyl (C=O) groups excluding carboxylic acids is 5. The lowest BCUT2D eigenvalue weighted by atomic mass is 10.0. The van der Waals surface area contributed by atoms with E-state index in [4.69, 9.17) is 14.2 Å². The van der Waals surface area contributed by atoms with Gasteiger partial charge in [0.25, 0.3) is 11.6 Å². The maximum absolute atomic E-state index is 12.7. The second-order valence-electron chi connectivity index (χ2n) is 8.83. The van der Waals surface area contributed by atoms with Crippen LogP contribution >= 0.6 is 0 Å². The number of nitrogens with one attached hydrogen (secondary N) is 2. The Labute approximate surface area is 233 Å². The van der Waals surface area contributed by atoms with E-state index in [2.05, 4.69) is 21.9 Å². The first-order valence-electron chi connectivity index (χ1n) is 12.2. The second kappa shape index (κ2) is 13.2. The van der Waals surface area contributed by atoms with Crippen molar-refractivity contribution < 1.29 is 47.8 Å². The lowest BCUT2D eigenvalue weighted by Crippen LogP contribution is -2.32. The van der Waals surface area contributed by atoms with E-state index < -0.39 is 47.1 Å². The molecule has 0 aliphatic carbocycles. The Balaban J connectivity index is 1.66. The van der Waals surface area contributed by atoms with E-state index in [9.17, 15) is 34.1 Å². The van der Waals surface area contributed by atoms with Gasteiger partial charge in [-0.3, -0.25) is 19.7 Å². The highest BCUT2D eigenvalue weighted by Gasteiger charge is 2.31. The monoisotopic (exact) mass is 569 g/mol. The quantitative estimate of drug-likeness (QED) is 0.0900. The highest BCUT2D eigenvalue weighted by molar-refractivity contribution is 6.15. The third-order valence-electron chi connectivity index (χ3n) is 5.82. The topological polar surface area (TPSA) is 189 Å². The summed E-state index contributed by atoms with van der Waals surface area (Å²) in [6.07, 6.45) is -0.695. The van der Waals surface area contributed by atoms with Crippen LogP contribution in [-0.4, -0.2) is 61.5 Å². The van der Waals surface area contributed by atoms with Crippen LogP contribution in [0.5, 0.6) is 11.5 Å². The Kier molecular flexibility index (Phi) is 9.74. The molecule has 0 spiro atoms. The van der Waals surface area contributed by atoms with Gasteiger partial charge in [0, 0.05) is 18.7 Å². The summed E-state index contributed by atoms with van der Waals surface area (Å²) in [7, 11) is 1.29. The van der Waals surface area contributed by atoms with Gasteiger partial charge in [-0.05, 0) is 44.5 Å². The highest BCUT2D eigenvalue weighted by atomic mass is 16.6. The number of nitrogens with zero attached hydrogens (tertiary/aromatic N) is 1. The number of fused-ring (bicyclic) bond motifs is 1. The molecule has 1 unspecified atom stereocenters. The van der Waals surface area contributed by atoms with Gasteiger partial charge in [-0.15, -0.1) is 0 Å². The van der Waals surface area contributed by atoms with E-state index in [1.54, 1.807) is 6.92 Å². The molecule has 2 N–H and O–H groups in total. The molecule has 216 valence electrons. The maximum atomic E-state index is 12.7. The summed E-state index contributed by atoms with van der Waals surface area (Å²) in [5, 5.41) is 17.1. The Morgan fingerprint density at radius 3 is 2.39 bits per heavy atom. The smallest absolute Gasteiger partial charge is 0.346 e. The van der Waals surface area contributed by atoms with Gasteiger partial charge < -0.3 is 29.6 Å². The first-order chi connectivity index (χ1) is 19.4. The molecule has 2 aromatic rings. The van der Waals surface area contributed by atoms with Crippen LogP contribution in [0.2, 0.25) is 0 Å². The number of hydrogen-bond acceptors (Lipinski definition) is 11. The van der Waals surface area contributed by atoms with E-state index in [0.717, 1.165) is 12.1 Å². The largest absolute Gasteiger partial charge is 0.493 e. The van der Waals surface area contributed by atoms with E-state index in [1.807, 2.05) is 0 Å². The molecule has 0 fully saturated rings. The van der Waals surface area contributed by atoms with Crippen molar-refractivity contribution in [3.05, 3.63) is 74.9 Å². The van der Waals surface area contributed by atoms with Crippen LogP contribution in [-0.2, 0) is 19.1 Å². The van der Waals surface area contributed by atoms with Gasteiger partial charge in [0.1, 0.15) is 6.10 Å². The summed E-state index contributed by atoms with van der Waals surface area (Å²) < 4.78 is 20.6. The Hall–Kier alpha value is -5.27. The number of methoxy groups -OCH3 is 1. The zero-order valence-electron chi connectivity index (χ0n) is 22.4. The summed E-state index contributed by atoms with van der Waals surface area (Å²) in [5.41, 5.74) is -0.264. The SMILES string of the molecule is C=C(C)C(=O)NCCCNC(=O)COc1cc([N+](=O)[O-])c(C(C)OC(=O)c2ccc3c(c2)C(=O)OC3=O)cc1OC. The molecular formula is C27H27N3O11. The van der Waals surface area contributed by atoms with Crippen molar-refractivity contribution in [1.29, 1.82) is 0 Å². The van der Waals surface area contributed by atoms with Crippen molar-refractivity contribution in [1.82, 2.24) is 10.6 Å². The molecule has 0 radical (unpaired) electrons. The summed E-state index contributed by atoms with van der Waals surface area (Å²) in [6, 6.07) is 5.97. The fraction of sp³-hybridized carbons (Fsp3) is 0.296. The van der Waals surface area contributed by atoms with Gasteiger partial charge in [-0.2, -0.15) is 0 Å². The number of carbonyl (C=O) groups is 5. The van der Waals surface area contributed by atoms with Gasteiger partial charge in [0.15, 0.2) is 18.1 Å². The Morgan fingerprint density at radius 1 is 1.05 bits per heavy atom. The number of ether oxygens (including phenoxy) is 4. The van der Waals surface area contributed by atoms with Gasteiger partial charge in [0.2, 0.25) is 5.91 Å².